The zero-order valence-electron chi connectivity index (χ0n) is 13.5. The summed E-state index contributed by atoms with van der Waals surface area (Å²) in [7, 11) is 0. The molecule has 1 fully saturated rings. The highest BCUT2D eigenvalue weighted by atomic mass is 16.5. The molecule has 126 valence electrons. The Morgan fingerprint density at radius 2 is 2.09 bits per heavy atom. The summed E-state index contributed by atoms with van der Waals surface area (Å²) in [6.07, 6.45) is 2.06. The fraction of sp³-hybridized carbons (Fsp3) is 0.588. The Balaban J connectivity index is 1.64. The van der Waals surface area contributed by atoms with E-state index in [-0.39, 0.29) is 12.1 Å². The first-order valence-corrected chi connectivity index (χ1v) is 8.26. The van der Waals surface area contributed by atoms with E-state index in [4.69, 9.17) is 9.47 Å². The highest BCUT2D eigenvalue weighted by Crippen LogP contribution is 2.32. The minimum Gasteiger partial charge on any atom is -0.490 e. The van der Waals surface area contributed by atoms with Crippen molar-refractivity contribution in [2.45, 2.75) is 38.3 Å². The minimum atomic E-state index is -0.414. The second kappa shape index (κ2) is 7.08. The third kappa shape index (κ3) is 3.88. The monoisotopic (exact) mass is 320 g/mol. The second-order valence-electron chi connectivity index (χ2n) is 6.17. The fourth-order valence-electron chi connectivity index (χ4n) is 2.95. The number of nitrogens with zero attached hydrogens (tertiary/aromatic N) is 1. The third-order valence-corrected chi connectivity index (χ3v) is 4.30. The van der Waals surface area contributed by atoms with Crippen LogP contribution in [0.1, 0.15) is 37.8 Å². The van der Waals surface area contributed by atoms with Crippen LogP contribution in [0.2, 0.25) is 0 Å². The molecule has 1 saturated heterocycles. The molecule has 1 aromatic carbocycles. The predicted octanol–water partition coefficient (Wildman–Crippen LogP) is 2.08. The Morgan fingerprint density at radius 1 is 1.30 bits per heavy atom. The molecule has 0 aliphatic carbocycles. The number of rotatable bonds is 2. The predicted molar refractivity (Wildman–Crippen MR) is 85.8 cm³/mol. The van der Waals surface area contributed by atoms with Crippen molar-refractivity contribution in [3.63, 3.8) is 0 Å². The number of carbonyl (C=O) groups is 1. The van der Waals surface area contributed by atoms with E-state index in [9.17, 15) is 9.90 Å². The molecule has 6 nitrogen and oxygen atoms in total. The molecular formula is C17H24N2O4. The van der Waals surface area contributed by atoms with Crippen molar-refractivity contribution in [1.29, 1.82) is 0 Å². The molecule has 2 N–H and O–H groups in total. The molecule has 0 spiro atoms. The molecule has 0 saturated carbocycles. The third-order valence-electron chi connectivity index (χ3n) is 4.30. The maximum absolute atomic E-state index is 12.3. The van der Waals surface area contributed by atoms with Gasteiger partial charge in [-0.05, 0) is 37.5 Å². The molecule has 0 radical (unpaired) electrons. The van der Waals surface area contributed by atoms with Crippen molar-refractivity contribution in [3.05, 3.63) is 23.8 Å². The van der Waals surface area contributed by atoms with Gasteiger partial charge in [0.1, 0.15) is 0 Å². The molecule has 2 atom stereocenters. The van der Waals surface area contributed by atoms with Crippen LogP contribution in [0.25, 0.3) is 0 Å². The van der Waals surface area contributed by atoms with Crippen molar-refractivity contribution in [3.8, 4) is 11.5 Å². The van der Waals surface area contributed by atoms with Crippen molar-refractivity contribution >= 4 is 6.03 Å². The van der Waals surface area contributed by atoms with Gasteiger partial charge in [-0.25, -0.2) is 4.79 Å². The van der Waals surface area contributed by atoms with Gasteiger partial charge in [-0.3, -0.25) is 0 Å². The van der Waals surface area contributed by atoms with Crippen molar-refractivity contribution in [1.82, 2.24) is 10.2 Å². The Hall–Kier alpha value is -1.95. The number of benzene rings is 1. The van der Waals surface area contributed by atoms with Gasteiger partial charge in [0.25, 0.3) is 0 Å². The fourth-order valence-corrected chi connectivity index (χ4v) is 2.95. The molecule has 0 aromatic heterocycles. The normalized spacial score (nSPS) is 22.2. The summed E-state index contributed by atoms with van der Waals surface area (Å²) < 4.78 is 11.3. The number of carbonyl (C=O) groups excluding carboxylic acids is 1. The summed E-state index contributed by atoms with van der Waals surface area (Å²) in [6, 6.07) is 5.49. The van der Waals surface area contributed by atoms with Crippen LogP contribution in [-0.2, 0) is 0 Å². The number of ether oxygens (including phenoxy) is 2. The number of nitrogens with one attached hydrogen (secondary N) is 1. The standard InChI is InChI=1S/C17H24N2O4/c1-12(18-17(21)19-7-2-4-14(20)11-19)13-5-6-15-16(10-13)23-9-3-8-22-15/h5-6,10,12,14,20H,2-4,7-9,11H2,1H3,(H,18,21). The first kappa shape index (κ1) is 15.9. The quantitative estimate of drug-likeness (QED) is 0.875. The van der Waals surface area contributed by atoms with Crippen LogP contribution >= 0.6 is 0 Å². The number of urea groups is 1. The summed E-state index contributed by atoms with van der Waals surface area (Å²) in [6.45, 7) is 4.34. The van der Waals surface area contributed by atoms with Crippen LogP contribution in [0.5, 0.6) is 11.5 Å². The van der Waals surface area contributed by atoms with E-state index in [1.165, 1.54) is 0 Å². The topological polar surface area (TPSA) is 71.0 Å². The van der Waals surface area contributed by atoms with Crippen LogP contribution in [-0.4, -0.2) is 48.4 Å². The van der Waals surface area contributed by atoms with E-state index < -0.39 is 6.10 Å². The van der Waals surface area contributed by atoms with Gasteiger partial charge in [0.15, 0.2) is 11.5 Å². The lowest BCUT2D eigenvalue weighted by molar-refractivity contribution is 0.0835. The lowest BCUT2D eigenvalue weighted by Crippen LogP contribution is -2.47. The molecule has 2 aliphatic rings. The Morgan fingerprint density at radius 3 is 2.87 bits per heavy atom. The summed E-state index contributed by atoms with van der Waals surface area (Å²) in [5.74, 6) is 1.48. The molecule has 1 aromatic rings. The first-order valence-electron chi connectivity index (χ1n) is 8.26. The number of amides is 2. The second-order valence-corrected chi connectivity index (χ2v) is 6.17. The largest absolute Gasteiger partial charge is 0.490 e. The lowest BCUT2D eigenvalue weighted by Gasteiger charge is -2.31. The highest BCUT2D eigenvalue weighted by Gasteiger charge is 2.23. The van der Waals surface area contributed by atoms with Crippen LogP contribution in [0, 0.1) is 0 Å². The van der Waals surface area contributed by atoms with E-state index in [1.807, 2.05) is 25.1 Å². The average Bonchev–Trinajstić information content (AvgIpc) is 2.79. The van der Waals surface area contributed by atoms with Crippen LogP contribution in [0.15, 0.2) is 18.2 Å². The number of fused-ring (bicyclic) bond motifs is 1. The van der Waals surface area contributed by atoms with Gasteiger partial charge < -0.3 is 24.8 Å². The van der Waals surface area contributed by atoms with Crippen LogP contribution in [0.4, 0.5) is 4.79 Å². The first-order chi connectivity index (χ1) is 11.1. The van der Waals surface area contributed by atoms with Crippen LogP contribution in [0.3, 0.4) is 0 Å². The molecule has 3 rings (SSSR count). The van der Waals surface area contributed by atoms with Gasteiger partial charge in [-0.2, -0.15) is 0 Å². The van der Waals surface area contributed by atoms with Gasteiger partial charge in [-0.15, -0.1) is 0 Å². The smallest absolute Gasteiger partial charge is 0.317 e. The van der Waals surface area contributed by atoms with Gasteiger partial charge in [0, 0.05) is 19.5 Å². The summed E-state index contributed by atoms with van der Waals surface area (Å²) in [4.78, 5) is 14.0. The number of aliphatic hydroxyl groups excluding tert-OH is 1. The van der Waals surface area contributed by atoms with Gasteiger partial charge in [-0.1, -0.05) is 6.07 Å². The summed E-state index contributed by atoms with van der Waals surface area (Å²) >= 11 is 0. The van der Waals surface area contributed by atoms with E-state index >= 15 is 0 Å². The molecule has 2 unspecified atom stereocenters. The molecule has 2 amide bonds. The maximum Gasteiger partial charge on any atom is 0.317 e. The van der Waals surface area contributed by atoms with E-state index in [0.29, 0.717) is 26.3 Å². The lowest BCUT2D eigenvalue weighted by atomic mass is 10.1. The van der Waals surface area contributed by atoms with Gasteiger partial charge in [0.2, 0.25) is 0 Å². The highest BCUT2D eigenvalue weighted by molar-refractivity contribution is 5.75. The SMILES string of the molecule is CC(NC(=O)N1CCCC(O)C1)c1ccc2c(c1)OCCCO2. The van der Waals surface area contributed by atoms with Crippen LogP contribution < -0.4 is 14.8 Å². The van der Waals surface area contributed by atoms with Crippen molar-refractivity contribution < 1.29 is 19.4 Å². The zero-order valence-corrected chi connectivity index (χ0v) is 13.5. The van der Waals surface area contributed by atoms with E-state index in [1.54, 1.807) is 4.90 Å². The van der Waals surface area contributed by atoms with Crippen molar-refractivity contribution in [2.75, 3.05) is 26.3 Å². The number of aliphatic hydroxyl groups is 1. The summed E-state index contributed by atoms with van der Waals surface area (Å²) in [5, 5.41) is 12.7. The Kier molecular flexibility index (Phi) is 4.91. The van der Waals surface area contributed by atoms with Gasteiger partial charge >= 0.3 is 6.03 Å². The number of hydrogen-bond donors (Lipinski definition) is 2. The Bertz CT molecular complexity index is 564. The average molecular weight is 320 g/mol. The van der Waals surface area contributed by atoms with E-state index in [0.717, 1.165) is 36.3 Å². The number of hydrogen-bond acceptors (Lipinski definition) is 4. The maximum atomic E-state index is 12.3. The molecule has 2 heterocycles. The zero-order chi connectivity index (χ0) is 16.2. The molecule has 2 aliphatic heterocycles. The number of likely N-dealkylation sites (tertiary alicyclic amines) is 1. The molecule has 23 heavy (non-hydrogen) atoms. The van der Waals surface area contributed by atoms with E-state index in [2.05, 4.69) is 5.32 Å². The van der Waals surface area contributed by atoms with Crippen molar-refractivity contribution in [2.24, 2.45) is 0 Å². The summed E-state index contributed by atoms with van der Waals surface area (Å²) in [5.41, 5.74) is 0.972. The van der Waals surface area contributed by atoms with Gasteiger partial charge in [0.05, 0.1) is 25.4 Å². The molecular weight excluding hydrogens is 296 g/mol. The Labute approximate surface area is 136 Å². The minimum absolute atomic E-state index is 0.136. The molecule has 6 heteroatoms. The molecule has 0 bridgehead atoms. The number of piperidine rings is 1. The number of β-amino-alcohol motifs (C(OH)–C–C–N with tert-alkyl or cyclic N) is 1.